The van der Waals surface area contributed by atoms with Crippen LogP contribution in [0.3, 0.4) is 0 Å². The molecule has 7 nitrogen and oxygen atoms in total. The predicted octanol–water partition coefficient (Wildman–Crippen LogP) is 4.12. The third-order valence-electron chi connectivity index (χ3n) is 5.13. The van der Waals surface area contributed by atoms with E-state index in [0.29, 0.717) is 36.7 Å². The summed E-state index contributed by atoms with van der Waals surface area (Å²) in [4.78, 5) is 6.79. The van der Waals surface area contributed by atoms with Crippen LogP contribution in [0, 0.1) is 0 Å². The molecule has 3 rings (SSSR count). The molecule has 1 saturated heterocycles. The topological polar surface area (TPSA) is 67.4 Å². The van der Waals surface area contributed by atoms with E-state index >= 15 is 0 Å². The molecule has 0 amide bonds. The van der Waals surface area contributed by atoms with E-state index in [-0.39, 0.29) is 24.0 Å². The third kappa shape index (κ3) is 7.83. The molecule has 2 N–H and O–H groups in total. The summed E-state index contributed by atoms with van der Waals surface area (Å²) < 4.78 is 16.7. The molecule has 1 atom stereocenters. The lowest BCUT2D eigenvalue weighted by Crippen LogP contribution is -2.40. The van der Waals surface area contributed by atoms with E-state index in [0.717, 1.165) is 31.9 Å². The molecular formula is C24H35IN4O3. The van der Waals surface area contributed by atoms with E-state index in [1.807, 2.05) is 25.1 Å². The Kier molecular flexibility index (Phi) is 11.1. The van der Waals surface area contributed by atoms with Gasteiger partial charge in [0.25, 0.3) is 0 Å². The van der Waals surface area contributed by atoms with Gasteiger partial charge in [0, 0.05) is 45.0 Å². The monoisotopic (exact) mass is 554 g/mol. The Labute approximate surface area is 208 Å². The highest BCUT2D eigenvalue weighted by Crippen LogP contribution is 2.30. The summed E-state index contributed by atoms with van der Waals surface area (Å²) >= 11 is 0. The van der Waals surface area contributed by atoms with Gasteiger partial charge in [-0.25, -0.2) is 0 Å². The van der Waals surface area contributed by atoms with Crippen molar-refractivity contribution in [1.82, 2.24) is 10.2 Å². The van der Waals surface area contributed by atoms with Crippen molar-refractivity contribution in [2.75, 3.05) is 45.8 Å². The molecule has 176 valence electrons. The molecule has 0 bridgehead atoms. The summed E-state index contributed by atoms with van der Waals surface area (Å²) in [6.07, 6.45) is 0.300. The van der Waals surface area contributed by atoms with E-state index in [1.54, 1.807) is 14.2 Å². The fourth-order valence-corrected chi connectivity index (χ4v) is 3.65. The van der Waals surface area contributed by atoms with Gasteiger partial charge in [-0.1, -0.05) is 24.3 Å². The molecule has 1 heterocycles. The Bertz CT molecular complexity index is 878. The first kappa shape index (κ1) is 26.2. The maximum atomic E-state index is 5.66. The van der Waals surface area contributed by atoms with Crippen LogP contribution in [-0.2, 0) is 17.8 Å². The zero-order chi connectivity index (χ0) is 22.1. The molecule has 0 spiro atoms. The lowest BCUT2D eigenvalue weighted by molar-refractivity contribution is -0.0212. The molecule has 0 radical (unpaired) electrons. The quantitative estimate of drug-likeness (QED) is 0.291. The fraction of sp³-hybridized carbons (Fsp3) is 0.458. The van der Waals surface area contributed by atoms with Gasteiger partial charge in [0.15, 0.2) is 17.5 Å². The van der Waals surface area contributed by atoms with Crippen LogP contribution >= 0.6 is 24.0 Å². The molecule has 1 aliphatic heterocycles. The number of hydrogen-bond acceptors (Lipinski definition) is 5. The third-order valence-corrected chi connectivity index (χ3v) is 5.13. The number of ether oxygens (including phenoxy) is 3. The second-order valence-electron chi connectivity index (χ2n) is 7.59. The van der Waals surface area contributed by atoms with E-state index in [2.05, 4.69) is 51.7 Å². The first-order valence-corrected chi connectivity index (χ1v) is 10.8. The second-order valence-corrected chi connectivity index (χ2v) is 7.59. The number of aliphatic imine (C=N–C) groups is 1. The molecule has 32 heavy (non-hydrogen) atoms. The van der Waals surface area contributed by atoms with Crippen LogP contribution in [0.1, 0.15) is 25.0 Å². The lowest BCUT2D eigenvalue weighted by Gasteiger charge is -2.31. The summed E-state index contributed by atoms with van der Waals surface area (Å²) in [5.74, 6) is 2.11. The molecule has 0 aliphatic carbocycles. The van der Waals surface area contributed by atoms with Crippen LogP contribution in [-0.4, -0.2) is 57.4 Å². The van der Waals surface area contributed by atoms with Crippen molar-refractivity contribution in [3.63, 3.8) is 0 Å². The molecular weight excluding hydrogens is 519 g/mol. The fourth-order valence-electron chi connectivity index (χ4n) is 3.65. The van der Waals surface area contributed by atoms with Gasteiger partial charge in [-0.05, 0) is 37.1 Å². The second kappa shape index (κ2) is 13.5. The zero-order valence-electron chi connectivity index (χ0n) is 19.4. The first-order chi connectivity index (χ1) is 15.1. The van der Waals surface area contributed by atoms with Gasteiger partial charge in [-0.2, -0.15) is 0 Å². The van der Waals surface area contributed by atoms with E-state index < -0.39 is 0 Å². The number of halogens is 1. The highest BCUT2D eigenvalue weighted by molar-refractivity contribution is 14.0. The molecule has 8 heteroatoms. The largest absolute Gasteiger partial charge is 0.493 e. The summed E-state index contributed by atoms with van der Waals surface area (Å²) in [6.45, 7) is 9.05. The number of benzene rings is 2. The Hall–Kier alpha value is -2.04. The van der Waals surface area contributed by atoms with Crippen LogP contribution in [0.5, 0.6) is 11.5 Å². The van der Waals surface area contributed by atoms with Gasteiger partial charge in [-0.3, -0.25) is 9.89 Å². The van der Waals surface area contributed by atoms with Crippen molar-refractivity contribution in [1.29, 1.82) is 0 Å². The molecule has 2 aromatic rings. The maximum Gasteiger partial charge on any atom is 0.195 e. The predicted molar refractivity (Wildman–Crippen MR) is 141 cm³/mol. The minimum atomic E-state index is 0. The average Bonchev–Trinajstić information content (AvgIpc) is 2.77. The number of morpholine rings is 1. The van der Waals surface area contributed by atoms with Crippen molar-refractivity contribution < 1.29 is 14.2 Å². The van der Waals surface area contributed by atoms with Crippen molar-refractivity contribution >= 4 is 35.6 Å². The molecule has 0 aromatic heterocycles. The molecule has 2 aromatic carbocycles. The van der Waals surface area contributed by atoms with E-state index in [4.69, 9.17) is 14.2 Å². The number of guanidine groups is 1. The van der Waals surface area contributed by atoms with Crippen molar-refractivity contribution in [2.45, 2.75) is 33.0 Å². The van der Waals surface area contributed by atoms with Gasteiger partial charge >= 0.3 is 0 Å². The normalized spacial score (nSPS) is 16.8. The number of methoxy groups -OCH3 is 1. The number of hydrogen-bond donors (Lipinski definition) is 2. The average molecular weight is 554 g/mol. The number of nitrogens with one attached hydrogen (secondary N) is 2. The van der Waals surface area contributed by atoms with Crippen LogP contribution in [0.2, 0.25) is 0 Å². The van der Waals surface area contributed by atoms with Crippen molar-refractivity contribution in [3.8, 4) is 11.5 Å². The molecule has 1 fully saturated rings. The highest BCUT2D eigenvalue weighted by Gasteiger charge is 2.16. The first-order valence-electron chi connectivity index (χ1n) is 10.8. The smallest absolute Gasteiger partial charge is 0.195 e. The number of rotatable bonds is 8. The molecule has 1 aliphatic rings. The number of anilines is 1. The lowest BCUT2D eigenvalue weighted by atomic mass is 10.1. The van der Waals surface area contributed by atoms with Gasteiger partial charge in [0.2, 0.25) is 0 Å². The van der Waals surface area contributed by atoms with Crippen LogP contribution in [0.4, 0.5) is 5.69 Å². The summed E-state index contributed by atoms with van der Waals surface area (Å²) in [6, 6.07) is 14.4. The van der Waals surface area contributed by atoms with E-state index in [9.17, 15) is 0 Å². The summed E-state index contributed by atoms with van der Waals surface area (Å²) in [5.41, 5.74) is 3.41. The number of nitrogens with zero attached hydrogens (tertiary/aromatic N) is 2. The van der Waals surface area contributed by atoms with Crippen LogP contribution in [0.15, 0.2) is 47.5 Å². The summed E-state index contributed by atoms with van der Waals surface area (Å²) in [7, 11) is 3.40. The van der Waals surface area contributed by atoms with E-state index in [1.165, 1.54) is 11.1 Å². The van der Waals surface area contributed by atoms with Crippen molar-refractivity contribution in [3.05, 3.63) is 53.6 Å². The van der Waals surface area contributed by atoms with Gasteiger partial charge in [0.1, 0.15) is 0 Å². The Morgan fingerprint density at radius 1 is 1.19 bits per heavy atom. The minimum Gasteiger partial charge on any atom is -0.493 e. The zero-order valence-corrected chi connectivity index (χ0v) is 21.7. The standard InChI is InChI=1S/C24H34N4O3.HI/c1-5-30-23-14-21(9-10-22(23)29-4)27-24(25-3)26-15-19-7-6-8-20(13-19)17-28-11-12-31-18(2)16-28;/h6-10,13-14,18H,5,11-12,15-17H2,1-4H3,(H2,25,26,27);1H. The Morgan fingerprint density at radius 2 is 2.00 bits per heavy atom. The van der Waals surface area contributed by atoms with Gasteiger partial charge in [-0.15, -0.1) is 24.0 Å². The van der Waals surface area contributed by atoms with Crippen molar-refractivity contribution in [2.24, 2.45) is 4.99 Å². The highest BCUT2D eigenvalue weighted by atomic mass is 127. The van der Waals surface area contributed by atoms with Gasteiger partial charge in [0.05, 0.1) is 26.4 Å². The molecule has 0 saturated carbocycles. The summed E-state index contributed by atoms with van der Waals surface area (Å²) in [5, 5.41) is 6.70. The van der Waals surface area contributed by atoms with Gasteiger partial charge < -0.3 is 24.8 Å². The van der Waals surface area contributed by atoms with Crippen LogP contribution in [0.25, 0.3) is 0 Å². The SMILES string of the molecule is CCOc1cc(NC(=NC)NCc2cccc(CN3CCOC(C)C3)c2)ccc1OC.I. The van der Waals surface area contributed by atoms with Crippen LogP contribution < -0.4 is 20.1 Å². The Balaban J connectivity index is 0.00000363. The minimum absolute atomic E-state index is 0. The molecule has 1 unspecified atom stereocenters. The maximum absolute atomic E-state index is 5.66. The Morgan fingerprint density at radius 3 is 2.72 bits per heavy atom.